The second-order valence-corrected chi connectivity index (χ2v) is 6.12. The summed E-state index contributed by atoms with van der Waals surface area (Å²) in [6.45, 7) is 8.16. The fourth-order valence-electron chi connectivity index (χ4n) is 2.58. The lowest BCUT2D eigenvalue weighted by atomic mass is 9.99. The van der Waals surface area contributed by atoms with Crippen molar-refractivity contribution in [3.8, 4) is 0 Å². The van der Waals surface area contributed by atoms with Crippen molar-refractivity contribution in [3.63, 3.8) is 0 Å². The minimum absolute atomic E-state index is 0. The van der Waals surface area contributed by atoms with Gasteiger partial charge in [-0.3, -0.25) is 4.90 Å². The Morgan fingerprint density at radius 3 is 2.57 bits per heavy atom. The van der Waals surface area contributed by atoms with Gasteiger partial charge in [0.2, 0.25) is 0 Å². The molecule has 0 radical (unpaired) electrons. The predicted octanol–water partition coefficient (Wildman–Crippen LogP) is 4.86. The zero-order valence-electron chi connectivity index (χ0n) is 11.9. The Bertz CT molecular complexity index is 437. The first kappa shape index (κ1) is 21.2. The molecule has 0 unspecified atom stereocenters. The van der Waals surface area contributed by atoms with E-state index in [1.807, 2.05) is 18.2 Å². The van der Waals surface area contributed by atoms with Crippen LogP contribution in [0.15, 0.2) is 35.3 Å². The van der Waals surface area contributed by atoms with Crippen molar-refractivity contribution in [2.45, 2.75) is 18.9 Å². The lowest BCUT2D eigenvalue weighted by Gasteiger charge is -2.35. The fourth-order valence-corrected chi connectivity index (χ4v) is 3.52. The van der Waals surface area contributed by atoms with E-state index < -0.39 is 0 Å². The van der Waals surface area contributed by atoms with Gasteiger partial charge in [-0.15, -0.1) is 31.4 Å². The van der Waals surface area contributed by atoms with Gasteiger partial charge in [-0.05, 0) is 30.5 Å². The van der Waals surface area contributed by atoms with Gasteiger partial charge in [0.25, 0.3) is 0 Å². The summed E-state index contributed by atoms with van der Waals surface area (Å²) in [6.07, 6.45) is 4.13. The molecule has 1 aromatic rings. The van der Waals surface area contributed by atoms with E-state index in [2.05, 4.69) is 38.8 Å². The highest BCUT2D eigenvalue weighted by Crippen LogP contribution is 2.33. The topological polar surface area (TPSA) is 15.3 Å². The summed E-state index contributed by atoms with van der Waals surface area (Å²) in [4.78, 5) is 2.55. The number of piperazine rings is 1. The lowest BCUT2D eigenvalue weighted by molar-refractivity contribution is 0.165. The molecule has 0 aliphatic carbocycles. The third kappa shape index (κ3) is 6.09. The Balaban J connectivity index is 0.00000200. The Morgan fingerprint density at radius 1 is 1.33 bits per heavy atom. The van der Waals surface area contributed by atoms with E-state index in [0.29, 0.717) is 6.04 Å². The van der Waals surface area contributed by atoms with Crippen molar-refractivity contribution >= 4 is 52.3 Å². The number of halogens is 4. The summed E-state index contributed by atoms with van der Waals surface area (Å²) in [6, 6.07) is 6.54. The number of hydrogen-bond donors (Lipinski definition) is 1. The second-order valence-electron chi connectivity index (χ2n) is 4.83. The molecule has 1 saturated heterocycles. The molecule has 1 aliphatic heterocycles. The molecule has 0 amide bonds. The Labute approximate surface area is 153 Å². The summed E-state index contributed by atoms with van der Waals surface area (Å²) in [7, 11) is 0. The van der Waals surface area contributed by atoms with Gasteiger partial charge < -0.3 is 5.32 Å². The maximum Gasteiger partial charge on any atom is 0.0417 e. The molecule has 2 nitrogen and oxygen atoms in total. The first-order chi connectivity index (χ1) is 9.22. The molecular formula is C15H22BrCl3N2. The minimum Gasteiger partial charge on any atom is -0.314 e. The molecule has 1 heterocycles. The maximum absolute atomic E-state index is 6.04. The van der Waals surface area contributed by atoms with Crippen molar-refractivity contribution < 1.29 is 0 Å². The zero-order chi connectivity index (χ0) is 13.7. The van der Waals surface area contributed by atoms with E-state index in [1.54, 1.807) is 0 Å². The average molecular weight is 417 g/mol. The number of rotatable bonds is 5. The van der Waals surface area contributed by atoms with Crippen LogP contribution in [0.1, 0.15) is 24.4 Å². The van der Waals surface area contributed by atoms with E-state index in [-0.39, 0.29) is 24.8 Å². The molecule has 2 rings (SSSR count). The van der Waals surface area contributed by atoms with E-state index in [9.17, 15) is 0 Å². The maximum atomic E-state index is 6.04. The third-order valence-corrected chi connectivity index (χ3v) is 4.48. The normalized spacial score (nSPS) is 16.5. The monoisotopic (exact) mass is 414 g/mol. The molecular weight excluding hydrogens is 394 g/mol. The van der Waals surface area contributed by atoms with Crippen molar-refractivity contribution in [2.24, 2.45) is 0 Å². The molecule has 1 aliphatic rings. The smallest absolute Gasteiger partial charge is 0.0417 e. The Morgan fingerprint density at radius 2 is 2.00 bits per heavy atom. The predicted molar refractivity (Wildman–Crippen MR) is 100 cm³/mol. The molecule has 0 bridgehead atoms. The van der Waals surface area contributed by atoms with Crippen molar-refractivity contribution in [2.75, 3.05) is 26.2 Å². The van der Waals surface area contributed by atoms with Gasteiger partial charge in [-0.2, -0.15) is 0 Å². The summed E-state index contributed by atoms with van der Waals surface area (Å²) in [5.74, 6) is 0. The Kier molecular flexibility index (Phi) is 11.0. The van der Waals surface area contributed by atoms with Crippen molar-refractivity contribution in [1.82, 2.24) is 10.2 Å². The number of nitrogens with one attached hydrogen (secondary N) is 1. The zero-order valence-corrected chi connectivity index (χ0v) is 15.8. The van der Waals surface area contributed by atoms with Crippen LogP contribution in [0.2, 0.25) is 5.02 Å². The molecule has 1 aromatic carbocycles. The highest BCUT2D eigenvalue weighted by atomic mass is 79.9. The molecule has 1 fully saturated rings. The third-order valence-electron chi connectivity index (χ3n) is 3.56. The van der Waals surface area contributed by atoms with Crippen LogP contribution in [0, 0.1) is 0 Å². The lowest BCUT2D eigenvalue weighted by Crippen LogP contribution is -2.45. The fraction of sp³-hybridized carbons (Fsp3) is 0.467. The van der Waals surface area contributed by atoms with Gasteiger partial charge in [0.15, 0.2) is 0 Å². The van der Waals surface area contributed by atoms with Crippen LogP contribution < -0.4 is 5.32 Å². The van der Waals surface area contributed by atoms with Gasteiger partial charge >= 0.3 is 0 Å². The summed E-state index contributed by atoms with van der Waals surface area (Å²) in [5, 5.41) is 4.18. The molecule has 21 heavy (non-hydrogen) atoms. The number of benzene rings is 1. The molecule has 1 atom stereocenters. The van der Waals surface area contributed by atoms with Gasteiger partial charge in [0.05, 0.1) is 0 Å². The van der Waals surface area contributed by atoms with Crippen molar-refractivity contribution in [1.29, 1.82) is 0 Å². The molecule has 0 aromatic heterocycles. The van der Waals surface area contributed by atoms with E-state index in [1.165, 1.54) is 5.56 Å². The largest absolute Gasteiger partial charge is 0.314 e. The van der Waals surface area contributed by atoms with E-state index in [4.69, 9.17) is 11.6 Å². The summed E-state index contributed by atoms with van der Waals surface area (Å²) < 4.78 is 1.10. The molecule has 0 saturated carbocycles. The van der Waals surface area contributed by atoms with Gasteiger partial charge in [-0.1, -0.05) is 39.7 Å². The first-order valence-corrected chi connectivity index (χ1v) is 7.90. The standard InChI is InChI=1S/C15H20BrClN2.2ClH/c1-2-3-4-15(19-9-7-18-8-10-19)13-6-5-12(17)11-14(13)16;;/h2,5-6,11,15,18H,1,3-4,7-10H2;2*1H/t15-;;/m0../s1. The minimum atomic E-state index is 0. The second kappa shape index (κ2) is 10.9. The quantitative estimate of drug-likeness (QED) is 0.690. The summed E-state index contributed by atoms with van der Waals surface area (Å²) >= 11 is 9.70. The van der Waals surface area contributed by atoms with Crippen LogP contribution in [0.3, 0.4) is 0 Å². The van der Waals surface area contributed by atoms with Crippen LogP contribution in [0.25, 0.3) is 0 Å². The molecule has 0 spiro atoms. The van der Waals surface area contributed by atoms with E-state index >= 15 is 0 Å². The highest BCUT2D eigenvalue weighted by Gasteiger charge is 2.23. The first-order valence-electron chi connectivity index (χ1n) is 6.73. The van der Waals surface area contributed by atoms with Crippen LogP contribution in [0.5, 0.6) is 0 Å². The highest BCUT2D eigenvalue weighted by molar-refractivity contribution is 9.10. The van der Waals surface area contributed by atoms with Gasteiger partial charge in [0, 0.05) is 41.7 Å². The SMILES string of the molecule is C=CCC[C@@H](c1ccc(Cl)cc1Br)N1CCNCC1.Cl.Cl. The average Bonchev–Trinajstić information content (AvgIpc) is 2.42. The molecule has 6 heteroatoms. The van der Waals surface area contributed by atoms with Crippen LogP contribution >= 0.6 is 52.3 Å². The van der Waals surface area contributed by atoms with Gasteiger partial charge in [0.1, 0.15) is 0 Å². The Hall–Kier alpha value is 0.230. The molecule has 120 valence electrons. The van der Waals surface area contributed by atoms with Crippen molar-refractivity contribution in [3.05, 3.63) is 45.9 Å². The van der Waals surface area contributed by atoms with Crippen LogP contribution in [-0.2, 0) is 0 Å². The van der Waals surface area contributed by atoms with Crippen LogP contribution in [0.4, 0.5) is 0 Å². The van der Waals surface area contributed by atoms with Gasteiger partial charge in [-0.25, -0.2) is 0 Å². The molecule has 1 N–H and O–H groups in total. The van der Waals surface area contributed by atoms with E-state index in [0.717, 1.165) is 48.5 Å². The summed E-state index contributed by atoms with van der Waals surface area (Å²) in [5.41, 5.74) is 1.33. The number of nitrogens with zero attached hydrogens (tertiary/aromatic N) is 1. The number of hydrogen-bond acceptors (Lipinski definition) is 2. The van der Waals surface area contributed by atoms with Crippen LogP contribution in [-0.4, -0.2) is 31.1 Å². The number of allylic oxidation sites excluding steroid dienone is 1.